The van der Waals surface area contributed by atoms with E-state index in [-0.39, 0.29) is 12.1 Å². The quantitative estimate of drug-likeness (QED) is 0.680. The molecule has 1 atom stereocenters. The van der Waals surface area contributed by atoms with Crippen molar-refractivity contribution in [1.29, 1.82) is 0 Å². The Labute approximate surface area is 96.9 Å². The van der Waals surface area contributed by atoms with Crippen LogP contribution in [0.3, 0.4) is 0 Å². The second-order valence-corrected chi connectivity index (χ2v) is 5.23. The topological polar surface area (TPSA) is 46.6 Å². The minimum atomic E-state index is -0.472. The molecule has 0 bridgehead atoms. The van der Waals surface area contributed by atoms with Crippen LogP contribution in [0.15, 0.2) is 0 Å². The number of piperidine rings is 1. The Hall–Kier alpha value is -1.06. The fourth-order valence-electron chi connectivity index (χ4n) is 1.92. The van der Waals surface area contributed by atoms with E-state index < -0.39 is 5.60 Å². The van der Waals surface area contributed by atoms with Crippen LogP contribution >= 0.6 is 0 Å². The van der Waals surface area contributed by atoms with Crippen LogP contribution in [-0.4, -0.2) is 35.5 Å². The third kappa shape index (κ3) is 3.83. The van der Waals surface area contributed by atoms with Gasteiger partial charge in [-0.25, -0.2) is 4.79 Å². The normalized spacial score (nSPS) is 21.7. The van der Waals surface area contributed by atoms with Gasteiger partial charge in [0.15, 0.2) is 0 Å². The number of ether oxygens (including phenoxy) is 1. The lowest BCUT2D eigenvalue weighted by atomic mass is 10.0. The minimum absolute atomic E-state index is 0.0288. The Morgan fingerprint density at radius 1 is 1.44 bits per heavy atom. The Morgan fingerprint density at radius 2 is 2.12 bits per heavy atom. The highest BCUT2D eigenvalue weighted by atomic mass is 16.6. The van der Waals surface area contributed by atoms with Crippen molar-refractivity contribution in [1.82, 2.24) is 4.90 Å². The van der Waals surface area contributed by atoms with Crippen LogP contribution < -0.4 is 0 Å². The van der Waals surface area contributed by atoms with Crippen LogP contribution in [0.5, 0.6) is 0 Å². The average molecular weight is 227 g/mol. The molecule has 0 aliphatic carbocycles. The number of hydrogen-bond acceptors (Lipinski definition) is 3. The molecule has 1 fully saturated rings. The Kier molecular flexibility index (Phi) is 4.33. The Bertz CT molecular complexity index is 257. The van der Waals surface area contributed by atoms with Gasteiger partial charge in [-0.05, 0) is 40.0 Å². The highest BCUT2D eigenvalue weighted by Gasteiger charge is 2.29. The van der Waals surface area contributed by atoms with E-state index in [9.17, 15) is 9.59 Å². The van der Waals surface area contributed by atoms with Crippen molar-refractivity contribution < 1.29 is 14.3 Å². The molecular formula is C12H21NO3. The van der Waals surface area contributed by atoms with E-state index in [1.165, 1.54) is 0 Å². The van der Waals surface area contributed by atoms with E-state index in [0.29, 0.717) is 13.0 Å². The van der Waals surface area contributed by atoms with Crippen molar-refractivity contribution in [3.05, 3.63) is 0 Å². The lowest BCUT2D eigenvalue weighted by Crippen LogP contribution is -2.46. The van der Waals surface area contributed by atoms with Crippen LogP contribution in [0.2, 0.25) is 0 Å². The third-order valence-corrected chi connectivity index (χ3v) is 2.62. The number of aldehydes is 1. The van der Waals surface area contributed by atoms with Gasteiger partial charge in [0.1, 0.15) is 11.9 Å². The number of rotatable bonds is 2. The fraction of sp³-hybridized carbons (Fsp3) is 0.833. The molecule has 1 saturated heterocycles. The predicted molar refractivity (Wildman–Crippen MR) is 61.3 cm³/mol. The van der Waals surface area contributed by atoms with Gasteiger partial charge in [0.2, 0.25) is 0 Å². The molecule has 92 valence electrons. The van der Waals surface area contributed by atoms with Gasteiger partial charge >= 0.3 is 6.09 Å². The monoisotopic (exact) mass is 227 g/mol. The van der Waals surface area contributed by atoms with E-state index in [2.05, 4.69) is 0 Å². The number of carbonyl (C=O) groups is 2. The minimum Gasteiger partial charge on any atom is -0.444 e. The fourth-order valence-corrected chi connectivity index (χ4v) is 1.92. The molecule has 1 heterocycles. The second-order valence-electron chi connectivity index (χ2n) is 5.23. The summed E-state index contributed by atoms with van der Waals surface area (Å²) in [6, 6.07) is 0.0288. The molecule has 1 aliphatic rings. The summed E-state index contributed by atoms with van der Waals surface area (Å²) in [5, 5.41) is 0. The van der Waals surface area contributed by atoms with Gasteiger partial charge in [-0.1, -0.05) is 0 Å². The molecule has 1 aliphatic heterocycles. The molecule has 0 unspecified atom stereocenters. The van der Waals surface area contributed by atoms with E-state index in [1.807, 2.05) is 20.8 Å². The van der Waals surface area contributed by atoms with Crippen LogP contribution in [0.25, 0.3) is 0 Å². The van der Waals surface area contributed by atoms with Gasteiger partial charge in [-0.15, -0.1) is 0 Å². The summed E-state index contributed by atoms with van der Waals surface area (Å²) in [7, 11) is 0. The van der Waals surface area contributed by atoms with Gasteiger partial charge in [-0.2, -0.15) is 0 Å². The van der Waals surface area contributed by atoms with Gasteiger partial charge in [0, 0.05) is 19.0 Å². The van der Waals surface area contributed by atoms with E-state index in [1.54, 1.807) is 4.90 Å². The maximum Gasteiger partial charge on any atom is 0.410 e. The molecule has 0 aromatic heterocycles. The molecule has 0 saturated carbocycles. The molecule has 16 heavy (non-hydrogen) atoms. The maximum atomic E-state index is 11.9. The van der Waals surface area contributed by atoms with Gasteiger partial charge in [0.25, 0.3) is 0 Å². The Morgan fingerprint density at radius 3 is 2.69 bits per heavy atom. The molecule has 0 N–H and O–H groups in total. The van der Waals surface area contributed by atoms with Crippen molar-refractivity contribution >= 4 is 12.4 Å². The molecular weight excluding hydrogens is 206 g/mol. The molecule has 1 rings (SSSR count). The van der Waals surface area contributed by atoms with Gasteiger partial charge in [0.05, 0.1) is 0 Å². The first kappa shape index (κ1) is 13.0. The number of carbonyl (C=O) groups excluding carboxylic acids is 2. The zero-order chi connectivity index (χ0) is 12.2. The standard InChI is InChI=1S/C12H21NO3/c1-12(2,3)16-11(15)13-8-5-4-6-10(13)7-9-14/h9-10H,4-8H2,1-3H3/t10-/m0/s1. The van der Waals surface area contributed by atoms with Crippen molar-refractivity contribution in [3.8, 4) is 0 Å². The predicted octanol–water partition coefficient (Wildman–Crippen LogP) is 2.37. The van der Waals surface area contributed by atoms with E-state index in [0.717, 1.165) is 25.5 Å². The number of nitrogens with zero attached hydrogens (tertiary/aromatic N) is 1. The summed E-state index contributed by atoms with van der Waals surface area (Å²) in [4.78, 5) is 24.1. The SMILES string of the molecule is CC(C)(C)OC(=O)N1CCCC[C@H]1CC=O. The number of likely N-dealkylation sites (tertiary alicyclic amines) is 1. The first-order valence-corrected chi connectivity index (χ1v) is 5.87. The third-order valence-electron chi connectivity index (χ3n) is 2.62. The lowest BCUT2D eigenvalue weighted by molar-refractivity contribution is -0.109. The summed E-state index contributed by atoms with van der Waals surface area (Å²) in [5.74, 6) is 0. The van der Waals surface area contributed by atoms with Crippen molar-refractivity contribution in [2.45, 2.75) is 58.1 Å². The summed E-state index contributed by atoms with van der Waals surface area (Å²) >= 11 is 0. The van der Waals surface area contributed by atoms with Crippen molar-refractivity contribution in [2.24, 2.45) is 0 Å². The molecule has 4 nitrogen and oxygen atoms in total. The largest absolute Gasteiger partial charge is 0.444 e. The van der Waals surface area contributed by atoms with Gasteiger partial charge < -0.3 is 14.4 Å². The summed E-state index contributed by atoms with van der Waals surface area (Å²) < 4.78 is 5.32. The van der Waals surface area contributed by atoms with Crippen molar-refractivity contribution in [3.63, 3.8) is 0 Å². The maximum absolute atomic E-state index is 11.9. The number of hydrogen-bond donors (Lipinski definition) is 0. The average Bonchev–Trinajstić information content (AvgIpc) is 2.16. The zero-order valence-corrected chi connectivity index (χ0v) is 10.4. The van der Waals surface area contributed by atoms with E-state index in [4.69, 9.17) is 4.74 Å². The van der Waals surface area contributed by atoms with Gasteiger partial charge in [-0.3, -0.25) is 0 Å². The van der Waals surface area contributed by atoms with Crippen LogP contribution in [0.1, 0.15) is 46.5 Å². The zero-order valence-electron chi connectivity index (χ0n) is 10.4. The lowest BCUT2D eigenvalue weighted by Gasteiger charge is -2.35. The first-order chi connectivity index (χ1) is 7.44. The smallest absolute Gasteiger partial charge is 0.410 e. The first-order valence-electron chi connectivity index (χ1n) is 5.87. The van der Waals surface area contributed by atoms with Crippen LogP contribution in [0, 0.1) is 0 Å². The summed E-state index contributed by atoms with van der Waals surface area (Å²) in [6.07, 6.45) is 3.98. The molecule has 0 aromatic carbocycles. The summed E-state index contributed by atoms with van der Waals surface area (Å²) in [5.41, 5.74) is -0.472. The molecule has 0 spiro atoms. The van der Waals surface area contributed by atoms with Crippen LogP contribution in [0.4, 0.5) is 4.79 Å². The highest BCUT2D eigenvalue weighted by Crippen LogP contribution is 2.21. The van der Waals surface area contributed by atoms with E-state index >= 15 is 0 Å². The summed E-state index contributed by atoms with van der Waals surface area (Å²) in [6.45, 7) is 6.25. The molecule has 0 aromatic rings. The Balaban J connectivity index is 2.60. The van der Waals surface area contributed by atoms with Crippen LogP contribution in [-0.2, 0) is 9.53 Å². The molecule has 0 radical (unpaired) electrons. The highest BCUT2D eigenvalue weighted by molar-refractivity contribution is 5.69. The van der Waals surface area contributed by atoms with Crippen molar-refractivity contribution in [2.75, 3.05) is 6.54 Å². The number of amides is 1. The second kappa shape index (κ2) is 5.32. The molecule has 1 amide bonds. The molecule has 4 heteroatoms.